The zero-order valence-corrected chi connectivity index (χ0v) is 11.8. The predicted octanol–water partition coefficient (Wildman–Crippen LogP) is 2.67. The molecule has 19 heavy (non-hydrogen) atoms. The molecule has 0 bridgehead atoms. The number of hydrogen-bond donors (Lipinski definition) is 2. The fourth-order valence-electron chi connectivity index (χ4n) is 2.80. The molecule has 3 N–H and O–H groups in total. The maximum Gasteiger partial charge on any atom is 0.142 e. The molecule has 3 unspecified atom stereocenters. The van der Waals surface area contributed by atoms with Crippen molar-refractivity contribution in [2.24, 2.45) is 11.8 Å². The molecule has 1 aliphatic heterocycles. The lowest BCUT2D eigenvalue weighted by atomic mass is 9.87. The monoisotopic (exact) mass is 286 g/mol. The van der Waals surface area contributed by atoms with Gasteiger partial charge in [0.1, 0.15) is 5.82 Å². The van der Waals surface area contributed by atoms with Crippen LogP contribution in [0.4, 0.5) is 4.39 Å². The minimum Gasteiger partial charge on any atom is -0.378 e. The first kappa shape index (κ1) is 14.7. The summed E-state index contributed by atoms with van der Waals surface area (Å²) < 4.78 is 19.1. The summed E-state index contributed by atoms with van der Waals surface area (Å²) >= 11 is 5.69. The van der Waals surface area contributed by atoms with Crippen LogP contribution >= 0.6 is 11.6 Å². The van der Waals surface area contributed by atoms with Crippen molar-refractivity contribution in [3.8, 4) is 0 Å². The Morgan fingerprint density at radius 1 is 1.58 bits per heavy atom. The number of hydrazine groups is 1. The fraction of sp³-hybridized carbons (Fsp3) is 0.571. The summed E-state index contributed by atoms with van der Waals surface area (Å²) in [5.41, 5.74) is 3.75. The highest BCUT2D eigenvalue weighted by Gasteiger charge is 2.33. The van der Waals surface area contributed by atoms with Crippen LogP contribution in [-0.4, -0.2) is 18.8 Å². The van der Waals surface area contributed by atoms with E-state index < -0.39 is 0 Å². The molecule has 1 heterocycles. The first-order valence-corrected chi connectivity index (χ1v) is 7.05. The Balaban J connectivity index is 2.08. The summed E-state index contributed by atoms with van der Waals surface area (Å²) in [5.74, 6) is 5.64. The fourth-order valence-corrected chi connectivity index (χ4v) is 2.92. The first-order valence-electron chi connectivity index (χ1n) is 6.67. The van der Waals surface area contributed by atoms with E-state index in [4.69, 9.17) is 22.2 Å². The molecule has 0 radical (unpaired) electrons. The molecule has 1 aliphatic rings. The van der Waals surface area contributed by atoms with E-state index in [2.05, 4.69) is 12.3 Å². The van der Waals surface area contributed by atoms with E-state index in [1.807, 2.05) is 6.07 Å². The second-order valence-electron chi connectivity index (χ2n) is 5.00. The van der Waals surface area contributed by atoms with E-state index in [9.17, 15) is 4.39 Å². The average molecular weight is 287 g/mol. The summed E-state index contributed by atoms with van der Waals surface area (Å²) in [4.78, 5) is 0. The van der Waals surface area contributed by atoms with Gasteiger partial charge in [-0.15, -0.1) is 0 Å². The molecule has 1 aromatic rings. The number of benzene rings is 1. The van der Waals surface area contributed by atoms with Gasteiger partial charge in [-0.3, -0.25) is 11.3 Å². The summed E-state index contributed by atoms with van der Waals surface area (Å²) in [5, 5.41) is 0.150. The van der Waals surface area contributed by atoms with Gasteiger partial charge < -0.3 is 4.74 Å². The summed E-state index contributed by atoms with van der Waals surface area (Å²) in [6.07, 6.45) is 2.87. The molecule has 1 fully saturated rings. The number of halogens is 2. The standard InChI is InChI=1S/C14H20ClFN2O/c1-2-14-10(5-6-19-14)13(18-17)8-9-3-4-11(15)12(16)7-9/h3-4,7,10,13-14,18H,2,5-6,8,17H2,1H3. The lowest BCUT2D eigenvalue weighted by Gasteiger charge is -2.26. The Morgan fingerprint density at radius 2 is 2.37 bits per heavy atom. The van der Waals surface area contributed by atoms with Crippen molar-refractivity contribution in [2.45, 2.75) is 38.3 Å². The molecule has 1 aromatic carbocycles. The molecule has 106 valence electrons. The van der Waals surface area contributed by atoms with Crippen molar-refractivity contribution >= 4 is 11.6 Å². The minimum atomic E-state index is -0.385. The highest BCUT2D eigenvalue weighted by Crippen LogP contribution is 2.28. The van der Waals surface area contributed by atoms with Crippen LogP contribution in [0.5, 0.6) is 0 Å². The average Bonchev–Trinajstić information content (AvgIpc) is 2.88. The highest BCUT2D eigenvalue weighted by atomic mass is 35.5. The van der Waals surface area contributed by atoms with Gasteiger partial charge in [0, 0.05) is 18.6 Å². The Morgan fingerprint density at radius 3 is 3.00 bits per heavy atom. The van der Waals surface area contributed by atoms with E-state index in [0.717, 1.165) is 25.0 Å². The molecule has 0 saturated carbocycles. The molecular weight excluding hydrogens is 267 g/mol. The lowest BCUT2D eigenvalue weighted by molar-refractivity contribution is 0.0774. The van der Waals surface area contributed by atoms with E-state index in [1.165, 1.54) is 6.07 Å². The van der Waals surface area contributed by atoms with Gasteiger partial charge in [-0.05, 0) is 37.0 Å². The van der Waals surface area contributed by atoms with Gasteiger partial charge >= 0.3 is 0 Å². The maximum absolute atomic E-state index is 13.4. The second-order valence-corrected chi connectivity index (χ2v) is 5.40. The maximum atomic E-state index is 13.4. The van der Waals surface area contributed by atoms with Crippen LogP contribution in [0.2, 0.25) is 5.02 Å². The normalized spacial score (nSPS) is 24.6. The Hall–Kier alpha value is -0.680. The topological polar surface area (TPSA) is 47.3 Å². The van der Waals surface area contributed by atoms with Crippen molar-refractivity contribution < 1.29 is 9.13 Å². The van der Waals surface area contributed by atoms with E-state index in [0.29, 0.717) is 12.3 Å². The van der Waals surface area contributed by atoms with Crippen molar-refractivity contribution in [1.82, 2.24) is 5.43 Å². The van der Waals surface area contributed by atoms with Gasteiger partial charge in [-0.25, -0.2) is 4.39 Å². The molecule has 1 saturated heterocycles. The van der Waals surface area contributed by atoms with Crippen molar-refractivity contribution in [2.75, 3.05) is 6.61 Å². The SMILES string of the molecule is CCC1OCCC1C(Cc1ccc(Cl)c(F)c1)NN. The molecule has 0 aromatic heterocycles. The van der Waals surface area contributed by atoms with E-state index in [1.54, 1.807) is 6.07 Å². The minimum absolute atomic E-state index is 0.0908. The van der Waals surface area contributed by atoms with Crippen molar-refractivity contribution in [3.63, 3.8) is 0 Å². The molecule has 0 spiro atoms. The smallest absolute Gasteiger partial charge is 0.142 e. The third-order valence-electron chi connectivity index (χ3n) is 3.83. The second kappa shape index (κ2) is 6.66. The summed E-state index contributed by atoms with van der Waals surface area (Å²) in [7, 11) is 0. The number of ether oxygens (including phenoxy) is 1. The largest absolute Gasteiger partial charge is 0.378 e. The number of nitrogens with one attached hydrogen (secondary N) is 1. The van der Waals surface area contributed by atoms with Crippen molar-refractivity contribution in [3.05, 3.63) is 34.6 Å². The van der Waals surface area contributed by atoms with Gasteiger partial charge in [0.15, 0.2) is 0 Å². The first-order chi connectivity index (χ1) is 9.15. The van der Waals surface area contributed by atoms with Crippen molar-refractivity contribution in [1.29, 1.82) is 0 Å². The molecule has 2 rings (SSSR count). The molecule has 0 amide bonds. The van der Waals surface area contributed by atoms with Gasteiger partial charge in [-0.2, -0.15) is 0 Å². The Bertz CT molecular complexity index is 430. The Kier molecular flexibility index (Phi) is 5.16. The van der Waals surface area contributed by atoms with Gasteiger partial charge in [0.2, 0.25) is 0 Å². The van der Waals surface area contributed by atoms with Crippen LogP contribution in [0.1, 0.15) is 25.3 Å². The third kappa shape index (κ3) is 3.45. The molecule has 3 atom stereocenters. The number of rotatable bonds is 5. The zero-order valence-electron chi connectivity index (χ0n) is 11.0. The van der Waals surface area contributed by atoms with Crippen LogP contribution in [0, 0.1) is 11.7 Å². The number of nitrogens with two attached hydrogens (primary N) is 1. The Labute approximate surface area is 118 Å². The van der Waals surface area contributed by atoms with Crippen LogP contribution in [-0.2, 0) is 11.2 Å². The lowest BCUT2D eigenvalue weighted by Crippen LogP contribution is -2.45. The highest BCUT2D eigenvalue weighted by molar-refractivity contribution is 6.30. The van der Waals surface area contributed by atoms with Gasteiger partial charge in [0.25, 0.3) is 0 Å². The van der Waals surface area contributed by atoms with Gasteiger partial charge in [0.05, 0.1) is 11.1 Å². The quantitative estimate of drug-likeness (QED) is 0.646. The molecule has 5 heteroatoms. The molecular formula is C14H20ClFN2O. The number of hydrogen-bond acceptors (Lipinski definition) is 3. The molecule has 0 aliphatic carbocycles. The summed E-state index contributed by atoms with van der Waals surface area (Å²) in [6.45, 7) is 2.88. The zero-order chi connectivity index (χ0) is 13.8. The van der Waals surface area contributed by atoms with E-state index >= 15 is 0 Å². The summed E-state index contributed by atoms with van der Waals surface area (Å²) in [6, 6.07) is 4.99. The van der Waals surface area contributed by atoms with Crippen LogP contribution < -0.4 is 11.3 Å². The van der Waals surface area contributed by atoms with E-state index in [-0.39, 0.29) is 23.0 Å². The molecule has 3 nitrogen and oxygen atoms in total. The predicted molar refractivity (Wildman–Crippen MR) is 74.4 cm³/mol. The van der Waals surface area contributed by atoms with Crippen LogP contribution in [0.3, 0.4) is 0 Å². The van der Waals surface area contributed by atoms with Crippen LogP contribution in [0.15, 0.2) is 18.2 Å². The van der Waals surface area contributed by atoms with Gasteiger partial charge in [-0.1, -0.05) is 24.6 Å². The third-order valence-corrected chi connectivity index (χ3v) is 4.14. The van der Waals surface area contributed by atoms with Crippen LogP contribution in [0.25, 0.3) is 0 Å².